The molecule has 2 aromatic carbocycles. The van der Waals surface area contributed by atoms with Crippen LogP contribution < -0.4 is 4.74 Å². The largest absolute Gasteiger partial charge is 0.432 e. The number of rotatable bonds is 3. The van der Waals surface area contributed by atoms with Gasteiger partial charge in [0.05, 0.1) is 11.2 Å². The highest BCUT2D eigenvalue weighted by molar-refractivity contribution is 9.10. The Kier molecular flexibility index (Phi) is 5.46. The van der Waals surface area contributed by atoms with Gasteiger partial charge in [-0.05, 0) is 54.2 Å². The summed E-state index contributed by atoms with van der Waals surface area (Å²) in [7, 11) is 3.71. The molecule has 3 nitrogen and oxygen atoms in total. The number of hydrogen-bond donors (Lipinski definition) is 0. The summed E-state index contributed by atoms with van der Waals surface area (Å²) in [4.78, 5) is 6.43. The van der Waals surface area contributed by atoms with Gasteiger partial charge >= 0.3 is 0 Å². The summed E-state index contributed by atoms with van der Waals surface area (Å²) in [5.74, 6) is 0.719. The summed E-state index contributed by atoms with van der Waals surface area (Å²) in [5.41, 5.74) is 2.89. The van der Waals surface area contributed by atoms with Crippen molar-refractivity contribution in [1.82, 2.24) is 9.88 Å². The molecule has 0 aliphatic rings. The maximum absolute atomic E-state index is 5.64. The van der Waals surface area contributed by atoms with E-state index in [2.05, 4.69) is 27.0 Å². The second-order valence-electron chi connectivity index (χ2n) is 5.74. The molecule has 0 aliphatic carbocycles. The highest BCUT2D eigenvalue weighted by Crippen LogP contribution is 2.20. The average molecular weight is 413 g/mol. The van der Waals surface area contributed by atoms with Crippen molar-refractivity contribution in [2.24, 2.45) is 0 Å². The molecule has 0 saturated carbocycles. The van der Waals surface area contributed by atoms with Crippen LogP contribution in [0, 0.1) is 0 Å². The smallest absolute Gasteiger partial charge is 0.264 e. The molecule has 5 heteroatoms. The van der Waals surface area contributed by atoms with E-state index in [9.17, 15) is 0 Å². The number of thiocarbonyl (C=S) groups is 1. The van der Waals surface area contributed by atoms with Gasteiger partial charge in [0.2, 0.25) is 0 Å². The van der Waals surface area contributed by atoms with Crippen LogP contribution in [-0.4, -0.2) is 29.2 Å². The Morgan fingerprint density at radius 2 is 1.88 bits per heavy atom. The van der Waals surface area contributed by atoms with Crippen LogP contribution in [0.3, 0.4) is 0 Å². The van der Waals surface area contributed by atoms with Crippen molar-refractivity contribution in [2.75, 3.05) is 14.1 Å². The summed E-state index contributed by atoms with van der Waals surface area (Å²) in [5, 5.41) is 1.55. The lowest BCUT2D eigenvalue weighted by molar-refractivity contribution is 0.449. The lowest BCUT2D eigenvalue weighted by atomic mass is 10.1. The monoisotopic (exact) mass is 412 g/mol. The van der Waals surface area contributed by atoms with Gasteiger partial charge in [-0.15, -0.1) is 0 Å². The molecule has 3 aromatic rings. The minimum absolute atomic E-state index is 0.433. The van der Waals surface area contributed by atoms with Crippen molar-refractivity contribution in [2.45, 2.75) is 0 Å². The standard InChI is InChI=1S/C20H17BrN2OS/c1-23(2)20(25)24-18-5-3-4-14(12-18)6-10-17-11-8-15-7-9-16(21)13-19(15)22-17/h3-13H,1-2H3. The Hall–Kier alpha value is -2.24. The molecule has 0 saturated heterocycles. The van der Waals surface area contributed by atoms with Crippen molar-refractivity contribution < 1.29 is 4.74 Å². The molecule has 1 aromatic heterocycles. The van der Waals surface area contributed by atoms with Gasteiger partial charge in [0.25, 0.3) is 5.17 Å². The summed E-state index contributed by atoms with van der Waals surface area (Å²) in [6, 6.07) is 18.0. The molecule has 25 heavy (non-hydrogen) atoms. The van der Waals surface area contributed by atoms with E-state index in [1.165, 1.54) is 0 Å². The van der Waals surface area contributed by atoms with Gasteiger partial charge in [-0.2, -0.15) is 0 Å². The van der Waals surface area contributed by atoms with Gasteiger partial charge in [0.15, 0.2) is 0 Å². The molecule has 0 N–H and O–H groups in total. The van der Waals surface area contributed by atoms with E-state index in [0.717, 1.165) is 32.4 Å². The van der Waals surface area contributed by atoms with Crippen LogP contribution in [-0.2, 0) is 0 Å². The van der Waals surface area contributed by atoms with Crippen LogP contribution in [0.1, 0.15) is 11.3 Å². The first-order chi connectivity index (χ1) is 12.0. The lowest BCUT2D eigenvalue weighted by Crippen LogP contribution is -2.24. The molecule has 0 amide bonds. The third kappa shape index (κ3) is 4.65. The normalized spacial score (nSPS) is 11.0. The first-order valence-corrected chi connectivity index (χ1v) is 8.95. The van der Waals surface area contributed by atoms with Crippen LogP contribution >= 0.6 is 28.1 Å². The molecule has 0 aliphatic heterocycles. The van der Waals surface area contributed by atoms with Gasteiger partial charge in [0.1, 0.15) is 5.75 Å². The van der Waals surface area contributed by atoms with E-state index in [-0.39, 0.29) is 0 Å². The van der Waals surface area contributed by atoms with E-state index >= 15 is 0 Å². The minimum atomic E-state index is 0.433. The van der Waals surface area contributed by atoms with Crippen LogP contribution in [0.25, 0.3) is 23.1 Å². The Balaban J connectivity index is 1.81. The van der Waals surface area contributed by atoms with Crippen LogP contribution in [0.4, 0.5) is 0 Å². The molecule has 0 bridgehead atoms. The Morgan fingerprint density at radius 3 is 2.68 bits per heavy atom. The third-order valence-corrected chi connectivity index (χ3v) is 4.49. The summed E-state index contributed by atoms with van der Waals surface area (Å²) in [6.45, 7) is 0. The Labute approximate surface area is 161 Å². The number of ether oxygens (including phenoxy) is 1. The second kappa shape index (κ2) is 7.76. The van der Waals surface area contributed by atoms with Gasteiger partial charge in [-0.25, -0.2) is 4.98 Å². The van der Waals surface area contributed by atoms with Crippen LogP contribution in [0.15, 0.2) is 59.1 Å². The van der Waals surface area contributed by atoms with Crippen molar-refractivity contribution in [3.05, 3.63) is 70.3 Å². The fraction of sp³-hybridized carbons (Fsp3) is 0.100. The Morgan fingerprint density at radius 1 is 1.08 bits per heavy atom. The van der Waals surface area contributed by atoms with Crippen LogP contribution in [0.2, 0.25) is 0 Å². The zero-order valence-electron chi connectivity index (χ0n) is 13.9. The summed E-state index contributed by atoms with van der Waals surface area (Å²) >= 11 is 8.66. The number of aromatic nitrogens is 1. The van der Waals surface area contributed by atoms with Gasteiger partial charge in [-0.3, -0.25) is 0 Å². The van der Waals surface area contributed by atoms with Crippen molar-refractivity contribution >= 4 is 56.4 Å². The summed E-state index contributed by atoms with van der Waals surface area (Å²) in [6.07, 6.45) is 4.00. The SMILES string of the molecule is CN(C)C(=S)Oc1cccc(C=Cc2ccc3ccc(Br)cc3n2)c1. The molecule has 0 atom stereocenters. The lowest BCUT2D eigenvalue weighted by Gasteiger charge is -2.14. The second-order valence-corrected chi connectivity index (χ2v) is 7.01. The van der Waals surface area contributed by atoms with Gasteiger partial charge in [0, 0.05) is 24.0 Å². The molecule has 0 unspecified atom stereocenters. The number of hydrogen-bond acceptors (Lipinski definition) is 3. The molecular formula is C20H17BrN2OS. The topological polar surface area (TPSA) is 25.4 Å². The van der Waals surface area contributed by atoms with Gasteiger partial charge in [-0.1, -0.05) is 46.3 Å². The number of halogens is 1. The first-order valence-electron chi connectivity index (χ1n) is 7.75. The predicted molar refractivity (Wildman–Crippen MR) is 112 cm³/mol. The van der Waals surface area contributed by atoms with E-state index in [4.69, 9.17) is 17.0 Å². The molecule has 126 valence electrons. The quantitative estimate of drug-likeness (QED) is 0.538. The van der Waals surface area contributed by atoms with Crippen molar-refractivity contribution in [1.29, 1.82) is 0 Å². The fourth-order valence-corrected chi connectivity index (χ4v) is 2.70. The highest BCUT2D eigenvalue weighted by atomic mass is 79.9. The average Bonchev–Trinajstić information content (AvgIpc) is 2.59. The molecule has 0 radical (unpaired) electrons. The van der Waals surface area contributed by atoms with E-state index in [1.807, 2.05) is 74.8 Å². The zero-order valence-corrected chi connectivity index (χ0v) is 16.3. The highest BCUT2D eigenvalue weighted by Gasteiger charge is 2.02. The molecule has 0 spiro atoms. The van der Waals surface area contributed by atoms with Crippen molar-refractivity contribution in [3.8, 4) is 5.75 Å². The molecule has 0 fully saturated rings. The third-order valence-electron chi connectivity index (χ3n) is 3.55. The minimum Gasteiger partial charge on any atom is -0.432 e. The number of fused-ring (bicyclic) bond motifs is 1. The predicted octanol–water partition coefficient (Wildman–Crippen LogP) is 5.39. The zero-order chi connectivity index (χ0) is 17.8. The maximum atomic E-state index is 5.64. The number of nitrogens with zero attached hydrogens (tertiary/aromatic N) is 2. The first kappa shape index (κ1) is 17.6. The Bertz CT molecular complexity index is 953. The number of benzene rings is 2. The van der Waals surface area contributed by atoms with E-state index in [0.29, 0.717) is 5.17 Å². The van der Waals surface area contributed by atoms with Crippen molar-refractivity contribution in [3.63, 3.8) is 0 Å². The van der Waals surface area contributed by atoms with Gasteiger partial charge < -0.3 is 9.64 Å². The fourth-order valence-electron chi connectivity index (χ4n) is 2.25. The molecular weight excluding hydrogens is 396 g/mol. The molecule has 1 heterocycles. The van der Waals surface area contributed by atoms with E-state index in [1.54, 1.807) is 4.90 Å². The maximum Gasteiger partial charge on any atom is 0.264 e. The summed E-state index contributed by atoms with van der Waals surface area (Å²) < 4.78 is 6.67. The van der Waals surface area contributed by atoms with Crippen LogP contribution in [0.5, 0.6) is 5.75 Å². The number of pyridine rings is 1. The molecule has 3 rings (SSSR count). The van der Waals surface area contributed by atoms with E-state index < -0.39 is 0 Å².